The summed E-state index contributed by atoms with van der Waals surface area (Å²) < 4.78 is 0. The van der Waals surface area contributed by atoms with Gasteiger partial charge in [-0.2, -0.15) is 0 Å². The van der Waals surface area contributed by atoms with Crippen molar-refractivity contribution in [2.24, 2.45) is 29.4 Å². The molecule has 5 N–H and O–H groups in total. The smallest absolute Gasteiger partial charge is 0.220 e. The predicted octanol–water partition coefficient (Wildman–Crippen LogP) is 1.86. The summed E-state index contributed by atoms with van der Waals surface area (Å²) in [5.41, 5.74) is 5.15. The third kappa shape index (κ3) is 8.11. The molecule has 0 heterocycles. The summed E-state index contributed by atoms with van der Waals surface area (Å²) in [5, 5.41) is 8.99. The van der Waals surface area contributed by atoms with E-state index in [4.69, 9.17) is 21.6 Å². The van der Waals surface area contributed by atoms with Crippen molar-refractivity contribution < 1.29 is 14.7 Å². The Labute approximate surface area is 141 Å². The SMILES string of the molecule is CCC(C)(CC)ON.CCN(CO)CCC(C)C1CC1C(N)=O. The maximum absolute atomic E-state index is 10.9. The normalized spacial score (nSPS) is 21.6. The van der Waals surface area contributed by atoms with Crippen LogP contribution in [0, 0.1) is 17.8 Å². The lowest BCUT2D eigenvalue weighted by molar-refractivity contribution is -0.119. The molecular formula is C17H37N3O3. The molecular weight excluding hydrogens is 294 g/mol. The van der Waals surface area contributed by atoms with E-state index in [-0.39, 0.29) is 24.2 Å². The minimum atomic E-state index is -0.152. The van der Waals surface area contributed by atoms with Crippen molar-refractivity contribution in [3.05, 3.63) is 0 Å². The molecule has 0 aromatic carbocycles. The lowest BCUT2D eigenvalue weighted by atomic mass is 10.00. The van der Waals surface area contributed by atoms with Crippen molar-refractivity contribution in [2.45, 2.75) is 65.9 Å². The second kappa shape index (κ2) is 11.0. The fraction of sp³-hybridized carbons (Fsp3) is 0.941. The van der Waals surface area contributed by atoms with Crippen LogP contribution in [-0.4, -0.2) is 41.3 Å². The number of hydrogen-bond donors (Lipinski definition) is 3. The van der Waals surface area contributed by atoms with Gasteiger partial charge in [-0.05, 0) is 51.0 Å². The molecule has 23 heavy (non-hydrogen) atoms. The summed E-state index contributed by atoms with van der Waals surface area (Å²) in [5.74, 6) is 6.01. The summed E-state index contributed by atoms with van der Waals surface area (Å²) in [6, 6.07) is 0. The molecule has 0 bridgehead atoms. The van der Waals surface area contributed by atoms with Crippen molar-refractivity contribution in [2.75, 3.05) is 19.8 Å². The van der Waals surface area contributed by atoms with Crippen LogP contribution >= 0.6 is 0 Å². The van der Waals surface area contributed by atoms with Crippen LogP contribution in [0.5, 0.6) is 0 Å². The Morgan fingerprint density at radius 1 is 1.39 bits per heavy atom. The molecule has 1 rings (SSSR count). The van der Waals surface area contributed by atoms with Gasteiger partial charge in [-0.15, -0.1) is 0 Å². The van der Waals surface area contributed by atoms with E-state index < -0.39 is 0 Å². The van der Waals surface area contributed by atoms with Gasteiger partial charge in [0.15, 0.2) is 0 Å². The number of nitrogens with zero attached hydrogens (tertiary/aromatic N) is 1. The van der Waals surface area contributed by atoms with Gasteiger partial charge >= 0.3 is 0 Å². The number of primary amides is 1. The minimum Gasteiger partial charge on any atom is -0.381 e. The second-order valence-corrected chi connectivity index (χ2v) is 6.80. The number of aliphatic hydroxyl groups is 1. The van der Waals surface area contributed by atoms with E-state index in [0.717, 1.165) is 38.8 Å². The van der Waals surface area contributed by atoms with Crippen LogP contribution in [0.3, 0.4) is 0 Å². The molecule has 3 atom stereocenters. The van der Waals surface area contributed by atoms with Gasteiger partial charge in [-0.3, -0.25) is 14.5 Å². The molecule has 138 valence electrons. The van der Waals surface area contributed by atoms with Crippen molar-refractivity contribution >= 4 is 5.91 Å². The molecule has 0 aromatic rings. The maximum Gasteiger partial charge on any atom is 0.220 e. The van der Waals surface area contributed by atoms with E-state index in [9.17, 15) is 4.79 Å². The first-order valence-electron chi connectivity index (χ1n) is 8.78. The van der Waals surface area contributed by atoms with Crippen LogP contribution in [0.2, 0.25) is 0 Å². The Bertz CT molecular complexity index is 323. The Morgan fingerprint density at radius 2 is 1.96 bits per heavy atom. The molecule has 3 unspecified atom stereocenters. The van der Waals surface area contributed by atoms with Crippen molar-refractivity contribution in [3.63, 3.8) is 0 Å². The van der Waals surface area contributed by atoms with E-state index in [2.05, 4.69) is 20.8 Å². The number of aliphatic hydroxyl groups excluding tert-OH is 1. The van der Waals surface area contributed by atoms with Gasteiger partial charge < -0.3 is 10.8 Å². The lowest BCUT2D eigenvalue weighted by Gasteiger charge is -2.22. The molecule has 0 saturated heterocycles. The molecule has 1 aliphatic carbocycles. The number of amides is 1. The summed E-state index contributed by atoms with van der Waals surface area (Å²) in [6.45, 7) is 12.2. The first kappa shape index (κ1) is 22.3. The standard InChI is InChI=1S/C11H22N2O2.C6H15NO/c1-3-13(7-14)5-4-8(2)9-6-10(9)11(12)15;1-4-6(3,5-2)8-7/h8-10,14H,3-7H2,1-2H3,(H2,12,15);4-5,7H2,1-3H3. The highest BCUT2D eigenvalue weighted by Gasteiger charge is 2.44. The quantitative estimate of drug-likeness (QED) is 0.419. The fourth-order valence-corrected chi connectivity index (χ4v) is 2.52. The zero-order valence-electron chi connectivity index (χ0n) is 15.5. The number of carbonyl (C=O) groups is 1. The second-order valence-electron chi connectivity index (χ2n) is 6.80. The molecule has 6 nitrogen and oxygen atoms in total. The largest absolute Gasteiger partial charge is 0.381 e. The van der Waals surface area contributed by atoms with Crippen LogP contribution in [0.1, 0.15) is 60.3 Å². The number of nitrogens with two attached hydrogens (primary N) is 2. The van der Waals surface area contributed by atoms with Gasteiger partial charge in [0, 0.05) is 12.5 Å². The Balaban J connectivity index is 0.000000515. The van der Waals surface area contributed by atoms with Gasteiger partial charge in [0.2, 0.25) is 5.91 Å². The van der Waals surface area contributed by atoms with Crippen LogP contribution in [0.15, 0.2) is 0 Å². The van der Waals surface area contributed by atoms with Crippen LogP contribution in [-0.2, 0) is 9.63 Å². The average Bonchev–Trinajstić information content (AvgIpc) is 3.36. The maximum atomic E-state index is 10.9. The fourth-order valence-electron chi connectivity index (χ4n) is 2.52. The van der Waals surface area contributed by atoms with Gasteiger partial charge in [-0.25, -0.2) is 5.90 Å². The first-order valence-corrected chi connectivity index (χ1v) is 8.78. The lowest BCUT2D eigenvalue weighted by Crippen LogP contribution is -2.29. The first-order chi connectivity index (χ1) is 10.8. The highest BCUT2D eigenvalue weighted by Crippen LogP contribution is 2.45. The Kier molecular flexibility index (Phi) is 10.6. The summed E-state index contributed by atoms with van der Waals surface area (Å²) in [6.07, 6.45) is 3.94. The molecule has 1 saturated carbocycles. The predicted molar refractivity (Wildman–Crippen MR) is 93.2 cm³/mol. The van der Waals surface area contributed by atoms with Crippen LogP contribution in [0.25, 0.3) is 0 Å². The highest BCUT2D eigenvalue weighted by molar-refractivity contribution is 5.79. The van der Waals surface area contributed by atoms with E-state index in [1.54, 1.807) is 0 Å². The Morgan fingerprint density at radius 3 is 2.22 bits per heavy atom. The van der Waals surface area contributed by atoms with E-state index in [1.165, 1.54) is 0 Å². The molecule has 6 heteroatoms. The molecule has 0 aromatic heterocycles. The zero-order valence-corrected chi connectivity index (χ0v) is 15.5. The number of carbonyl (C=O) groups excluding carboxylic acids is 1. The van der Waals surface area contributed by atoms with Crippen molar-refractivity contribution in [3.8, 4) is 0 Å². The number of hydrogen-bond acceptors (Lipinski definition) is 5. The van der Waals surface area contributed by atoms with Gasteiger partial charge in [0.1, 0.15) is 0 Å². The molecule has 0 spiro atoms. The van der Waals surface area contributed by atoms with Crippen LogP contribution < -0.4 is 11.6 Å². The third-order valence-electron chi connectivity index (χ3n) is 5.26. The van der Waals surface area contributed by atoms with E-state index >= 15 is 0 Å². The third-order valence-corrected chi connectivity index (χ3v) is 5.26. The average molecular weight is 332 g/mol. The molecule has 1 aliphatic rings. The van der Waals surface area contributed by atoms with Gasteiger partial charge in [0.05, 0.1) is 12.3 Å². The number of rotatable bonds is 10. The van der Waals surface area contributed by atoms with Gasteiger partial charge in [0.25, 0.3) is 0 Å². The monoisotopic (exact) mass is 331 g/mol. The zero-order chi connectivity index (χ0) is 18.0. The van der Waals surface area contributed by atoms with Crippen molar-refractivity contribution in [1.82, 2.24) is 4.90 Å². The molecule has 1 fully saturated rings. The Hall–Kier alpha value is -0.690. The molecule has 0 radical (unpaired) electrons. The summed E-state index contributed by atoms with van der Waals surface area (Å²) in [4.78, 5) is 17.6. The van der Waals surface area contributed by atoms with Crippen LogP contribution in [0.4, 0.5) is 0 Å². The van der Waals surface area contributed by atoms with E-state index in [1.807, 2.05) is 18.7 Å². The summed E-state index contributed by atoms with van der Waals surface area (Å²) >= 11 is 0. The van der Waals surface area contributed by atoms with E-state index in [0.29, 0.717) is 11.8 Å². The summed E-state index contributed by atoms with van der Waals surface area (Å²) in [7, 11) is 0. The molecule has 1 amide bonds. The minimum absolute atomic E-state index is 0.0972. The van der Waals surface area contributed by atoms with Gasteiger partial charge in [-0.1, -0.05) is 27.7 Å². The topological polar surface area (TPSA) is 102 Å². The highest BCUT2D eigenvalue weighted by atomic mass is 16.6. The molecule has 0 aliphatic heterocycles. The van der Waals surface area contributed by atoms with Crippen molar-refractivity contribution in [1.29, 1.82) is 0 Å².